The minimum atomic E-state index is 0.226. The number of carbonyl (C=O) groups is 1. The number of nitrogens with zero attached hydrogens (tertiary/aromatic N) is 3. The smallest absolute Gasteiger partial charge is 0.227 e. The Bertz CT molecular complexity index is 682. The van der Waals surface area contributed by atoms with Gasteiger partial charge in [0.25, 0.3) is 0 Å². The predicted molar refractivity (Wildman–Crippen MR) is 104 cm³/mol. The Morgan fingerprint density at radius 1 is 1.15 bits per heavy atom. The van der Waals surface area contributed by atoms with Crippen molar-refractivity contribution < 1.29 is 9.53 Å². The van der Waals surface area contributed by atoms with Crippen LogP contribution >= 0.6 is 0 Å². The van der Waals surface area contributed by atoms with E-state index in [1.54, 1.807) is 7.11 Å². The third-order valence-electron chi connectivity index (χ3n) is 5.21. The average molecular weight is 355 g/mol. The number of aromatic nitrogens is 1. The maximum Gasteiger partial charge on any atom is 0.227 e. The van der Waals surface area contributed by atoms with Gasteiger partial charge in [0, 0.05) is 57.4 Å². The second kappa shape index (κ2) is 9.01. The van der Waals surface area contributed by atoms with Gasteiger partial charge in [0.1, 0.15) is 0 Å². The number of rotatable bonds is 7. The number of amides is 1. The Hall–Kier alpha value is -2.11. The van der Waals surface area contributed by atoms with Crippen LogP contribution in [-0.2, 0) is 16.0 Å². The summed E-state index contributed by atoms with van der Waals surface area (Å²) in [4.78, 5) is 17.2. The molecular weight excluding hydrogens is 326 g/mol. The molecule has 3 rings (SSSR count). The van der Waals surface area contributed by atoms with Crippen LogP contribution in [0.2, 0.25) is 0 Å². The fraction of sp³-hybridized carbons (Fsp3) is 0.476. The molecule has 1 unspecified atom stereocenters. The molecule has 1 aromatic heterocycles. The molecule has 1 atom stereocenters. The zero-order valence-electron chi connectivity index (χ0n) is 15.8. The first-order chi connectivity index (χ1) is 12.7. The highest BCUT2D eigenvalue weighted by molar-refractivity contribution is 5.79. The summed E-state index contributed by atoms with van der Waals surface area (Å²) in [5.74, 6) is 0.226. The minimum absolute atomic E-state index is 0.226. The molecular formula is C21H29N3O2. The zero-order valence-corrected chi connectivity index (χ0v) is 15.8. The van der Waals surface area contributed by atoms with Gasteiger partial charge in [0.2, 0.25) is 5.91 Å². The molecule has 0 bridgehead atoms. The van der Waals surface area contributed by atoms with Gasteiger partial charge in [-0.25, -0.2) is 0 Å². The van der Waals surface area contributed by atoms with Crippen LogP contribution in [0.5, 0.6) is 0 Å². The van der Waals surface area contributed by atoms with Crippen molar-refractivity contribution in [1.29, 1.82) is 0 Å². The van der Waals surface area contributed by atoms with Crippen LogP contribution in [0, 0.1) is 0 Å². The SMILES string of the molecule is CCC1CN(C(=O)Cc2ccc(-n3cccc3)cc2)CCN1CCOC. The summed E-state index contributed by atoms with van der Waals surface area (Å²) in [5, 5.41) is 0. The largest absolute Gasteiger partial charge is 0.383 e. The highest BCUT2D eigenvalue weighted by Gasteiger charge is 2.27. The normalized spacial score (nSPS) is 18.2. The van der Waals surface area contributed by atoms with Crippen LogP contribution < -0.4 is 0 Å². The molecule has 1 aromatic carbocycles. The fourth-order valence-electron chi connectivity index (χ4n) is 3.59. The van der Waals surface area contributed by atoms with Gasteiger partial charge >= 0.3 is 0 Å². The van der Waals surface area contributed by atoms with Crippen molar-refractivity contribution in [3.05, 3.63) is 54.4 Å². The van der Waals surface area contributed by atoms with Crippen molar-refractivity contribution >= 4 is 5.91 Å². The molecule has 140 valence electrons. The molecule has 1 saturated heterocycles. The molecule has 0 spiro atoms. The third-order valence-corrected chi connectivity index (χ3v) is 5.21. The molecule has 0 N–H and O–H groups in total. The Morgan fingerprint density at radius 2 is 1.88 bits per heavy atom. The van der Waals surface area contributed by atoms with E-state index in [0.717, 1.165) is 50.5 Å². The first-order valence-corrected chi connectivity index (χ1v) is 9.44. The highest BCUT2D eigenvalue weighted by atomic mass is 16.5. The van der Waals surface area contributed by atoms with Gasteiger partial charge in [-0.05, 0) is 36.2 Å². The van der Waals surface area contributed by atoms with E-state index >= 15 is 0 Å². The molecule has 2 aromatic rings. The predicted octanol–water partition coefficient (Wildman–Crippen LogP) is 2.59. The lowest BCUT2D eigenvalue weighted by Gasteiger charge is -2.41. The molecule has 26 heavy (non-hydrogen) atoms. The lowest BCUT2D eigenvalue weighted by atomic mass is 10.1. The summed E-state index contributed by atoms with van der Waals surface area (Å²) in [6, 6.07) is 12.7. The lowest BCUT2D eigenvalue weighted by molar-refractivity contribution is -0.133. The molecule has 0 saturated carbocycles. The van der Waals surface area contributed by atoms with Gasteiger partial charge in [-0.15, -0.1) is 0 Å². The monoisotopic (exact) mass is 355 g/mol. The average Bonchev–Trinajstić information content (AvgIpc) is 3.21. The van der Waals surface area contributed by atoms with E-state index in [1.807, 2.05) is 29.4 Å². The van der Waals surface area contributed by atoms with E-state index in [-0.39, 0.29) is 5.91 Å². The zero-order chi connectivity index (χ0) is 18.4. The van der Waals surface area contributed by atoms with E-state index in [1.165, 1.54) is 0 Å². The highest BCUT2D eigenvalue weighted by Crippen LogP contribution is 2.15. The summed E-state index contributed by atoms with van der Waals surface area (Å²) in [7, 11) is 1.74. The number of hydrogen-bond donors (Lipinski definition) is 0. The van der Waals surface area contributed by atoms with Crippen LogP contribution in [0.4, 0.5) is 0 Å². The first kappa shape index (κ1) is 18.7. The maximum atomic E-state index is 12.7. The summed E-state index contributed by atoms with van der Waals surface area (Å²) in [5.41, 5.74) is 2.18. The van der Waals surface area contributed by atoms with E-state index < -0.39 is 0 Å². The molecule has 1 aliphatic rings. The summed E-state index contributed by atoms with van der Waals surface area (Å²) in [6.45, 7) is 6.44. The Labute approximate surface area is 156 Å². The second-order valence-electron chi connectivity index (χ2n) is 6.86. The summed E-state index contributed by atoms with van der Waals surface area (Å²) < 4.78 is 7.27. The molecule has 1 fully saturated rings. The number of hydrogen-bond acceptors (Lipinski definition) is 3. The van der Waals surface area contributed by atoms with Gasteiger partial charge < -0.3 is 14.2 Å². The lowest BCUT2D eigenvalue weighted by Crippen LogP contribution is -2.55. The number of benzene rings is 1. The number of carbonyl (C=O) groups excluding carboxylic acids is 1. The Kier molecular flexibility index (Phi) is 6.47. The molecule has 2 heterocycles. The molecule has 5 heteroatoms. The van der Waals surface area contributed by atoms with E-state index in [2.05, 4.69) is 40.7 Å². The fourth-order valence-corrected chi connectivity index (χ4v) is 3.59. The Morgan fingerprint density at radius 3 is 2.54 bits per heavy atom. The summed E-state index contributed by atoms with van der Waals surface area (Å²) >= 11 is 0. The van der Waals surface area contributed by atoms with Crippen molar-refractivity contribution in [2.24, 2.45) is 0 Å². The third kappa shape index (κ3) is 4.54. The standard InChI is InChI=1S/C21H29N3O2/c1-3-19-17-24(13-12-23(19)14-15-26-2)21(25)16-18-6-8-20(9-7-18)22-10-4-5-11-22/h4-11,19H,3,12-17H2,1-2H3. The molecule has 1 amide bonds. The maximum absolute atomic E-state index is 12.7. The van der Waals surface area contributed by atoms with Crippen LogP contribution in [0.1, 0.15) is 18.9 Å². The van der Waals surface area contributed by atoms with Gasteiger partial charge in [0.05, 0.1) is 13.0 Å². The molecule has 0 aliphatic carbocycles. The van der Waals surface area contributed by atoms with Crippen LogP contribution in [0.25, 0.3) is 5.69 Å². The van der Waals surface area contributed by atoms with Gasteiger partial charge in [0.15, 0.2) is 0 Å². The number of ether oxygens (including phenoxy) is 1. The first-order valence-electron chi connectivity index (χ1n) is 9.44. The van der Waals surface area contributed by atoms with E-state index in [4.69, 9.17) is 4.74 Å². The molecule has 5 nitrogen and oxygen atoms in total. The Balaban J connectivity index is 1.56. The quantitative estimate of drug-likeness (QED) is 0.766. The van der Waals surface area contributed by atoms with Crippen molar-refractivity contribution in [3.8, 4) is 5.69 Å². The van der Waals surface area contributed by atoms with Gasteiger partial charge in [-0.2, -0.15) is 0 Å². The van der Waals surface area contributed by atoms with Crippen LogP contribution in [0.3, 0.4) is 0 Å². The van der Waals surface area contributed by atoms with Crippen molar-refractivity contribution in [3.63, 3.8) is 0 Å². The number of piperazine rings is 1. The van der Waals surface area contributed by atoms with Gasteiger partial charge in [-0.3, -0.25) is 9.69 Å². The van der Waals surface area contributed by atoms with Crippen molar-refractivity contribution in [1.82, 2.24) is 14.4 Å². The van der Waals surface area contributed by atoms with E-state index in [9.17, 15) is 4.79 Å². The molecule has 0 radical (unpaired) electrons. The summed E-state index contributed by atoms with van der Waals surface area (Å²) in [6.07, 6.45) is 5.57. The van der Waals surface area contributed by atoms with Crippen LogP contribution in [0.15, 0.2) is 48.8 Å². The van der Waals surface area contributed by atoms with Gasteiger partial charge in [-0.1, -0.05) is 19.1 Å². The molecule has 1 aliphatic heterocycles. The second-order valence-corrected chi connectivity index (χ2v) is 6.86. The van der Waals surface area contributed by atoms with E-state index in [0.29, 0.717) is 12.5 Å². The van der Waals surface area contributed by atoms with Crippen LogP contribution in [-0.4, -0.2) is 66.2 Å². The topological polar surface area (TPSA) is 37.7 Å². The van der Waals surface area contributed by atoms with Crippen molar-refractivity contribution in [2.45, 2.75) is 25.8 Å². The van der Waals surface area contributed by atoms with Crippen molar-refractivity contribution in [2.75, 3.05) is 39.9 Å². The number of methoxy groups -OCH3 is 1. The minimum Gasteiger partial charge on any atom is -0.383 e.